The number of methoxy groups -OCH3 is 1. The Balaban J connectivity index is 2.14. The molecule has 2 N–H and O–H groups in total. The average molecular weight is 423 g/mol. The summed E-state index contributed by atoms with van der Waals surface area (Å²) in [5.41, 5.74) is 1.86. The molecule has 0 aliphatic carbocycles. The van der Waals surface area contributed by atoms with Gasteiger partial charge in [-0.2, -0.15) is 0 Å². The fourth-order valence-electron chi connectivity index (χ4n) is 2.75. The van der Waals surface area contributed by atoms with Crippen LogP contribution in [-0.2, 0) is 16.1 Å². The van der Waals surface area contributed by atoms with E-state index in [2.05, 4.69) is 10.6 Å². The van der Waals surface area contributed by atoms with Crippen molar-refractivity contribution < 1.29 is 14.3 Å². The van der Waals surface area contributed by atoms with Gasteiger partial charge >= 0.3 is 0 Å². The van der Waals surface area contributed by atoms with Crippen LogP contribution >= 0.6 is 23.2 Å². The molecule has 2 aromatic rings. The van der Waals surface area contributed by atoms with E-state index in [1.165, 1.54) is 6.07 Å². The molecule has 0 aliphatic heterocycles. The predicted molar refractivity (Wildman–Crippen MR) is 113 cm³/mol. The molecule has 28 heavy (non-hydrogen) atoms. The van der Waals surface area contributed by atoms with E-state index in [1.807, 2.05) is 32.0 Å². The highest BCUT2D eigenvalue weighted by atomic mass is 35.5. The van der Waals surface area contributed by atoms with Gasteiger partial charge in [-0.1, -0.05) is 49.2 Å². The molecule has 1 atom stereocenters. The number of carbonyl (C=O) groups is 2. The average Bonchev–Trinajstić information content (AvgIpc) is 2.61. The monoisotopic (exact) mass is 422 g/mol. The molecule has 0 spiro atoms. The van der Waals surface area contributed by atoms with E-state index in [0.29, 0.717) is 23.7 Å². The van der Waals surface area contributed by atoms with E-state index >= 15 is 0 Å². The van der Waals surface area contributed by atoms with E-state index in [0.717, 1.165) is 5.56 Å². The topological polar surface area (TPSA) is 67.4 Å². The van der Waals surface area contributed by atoms with Crippen molar-refractivity contribution in [3.8, 4) is 0 Å². The van der Waals surface area contributed by atoms with Crippen LogP contribution in [0.5, 0.6) is 0 Å². The maximum Gasteiger partial charge on any atom is 0.253 e. The number of nitrogens with one attached hydrogen (secondary N) is 2. The van der Waals surface area contributed by atoms with Crippen LogP contribution in [0.25, 0.3) is 0 Å². The van der Waals surface area contributed by atoms with Gasteiger partial charge in [0.05, 0.1) is 17.2 Å². The van der Waals surface area contributed by atoms with Crippen LogP contribution in [0.3, 0.4) is 0 Å². The van der Waals surface area contributed by atoms with Crippen LogP contribution in [0.15, 0.2) is 42.5 Å². The number of halogens is 2. The van der Waals surface area contributed by atoms with Gasteiger partial charge in [-0.15, -0.1) is 0 Å². The van der Waals surface area contributed by atoms with Crippen molar-refractivity contribution in [2.75, 3.05) is 12.4 Å². The van der Waals surface area contributed by atoms with Crippen molar-refractivity contribution in [1.29, 1.82) is 0 Å². The number of benzene rings is 2. The van der Waals surface area contributed by atoms with Crippen molar-refractivity contribution in [3.05, 3.63) is 63.6 Å². The Kier molecular flexibility index (Phi) is 8.30. The maximum atomic E-state index is 12.8. The minimum atomic E-state index is -0.703. The first-order chi connectivity index (χ1) is 13.3. The molecule has 0 saturated heterocycles. The molecule has 1 unspecified atom stereocenters. The summed E-state index contributed by atoms with van der Waals surface area (Å²) in [6.45, 7) is 4.42. The van der Waals surface area contributed by atoms with Crippen LogP contribution in [0.2, 0.25) is 10.0 Å². The second kappa shape index (κ2) is 10.5. The molecule has 0 saturated carbocycles. The first kappa shape index (κ1) is 22.2. The van der Waals surface area contributed by atoms with Gasteiger partial charge in [0, 0.05) is 17.8 Å². The molecule has 0 fully saturated rings. The van der Waals surface area contributed by atoms with Crippen molar-refractivity contribution >= 4 is 40.7 Å². The Labute approximate surface area is 175 Å². The van der Waals surface area contributed by atoms with Gasteiger partial charge in [-0.3, -0.25) is 9.59 Å². The van der Waals surface area contributed by atoms with Crippen LogP contribution < -0.4 is 10.6 Å². The third kappa shape index (κ3) is 6.51. The van der Waals surface area contributed by atoms with E-state index < -0.39 is 11.9 Å². The summed E-state index contributed by atoms with van der Waals surface area (Å²) in [6, 6.07) is 11.3. The van der Waals surface area contributed by atoms with E-state index in [4.69, 9.17) is 27.9 Å². The van der Waals surface area contributed by atoms with Crippen molar-refractivity contribution in [3.63, 3.8) is 0 Å². The Morgan fingerprint density at radius 3 is 2.50 bits per heavy atom. The zero-order valence-corrected chi connectivity index (χ0v) is 17.6. The second-order valence-corrected chi connectivity index (χ2v) is 7.75. The van der Waals surface area contributed by atoms with E-state index in [1.54, 1.807) is 25.3 Å². The highest BCUT2D eigenvalue weighted by Crippen LogP contribution is 2.21. The summed E-state index contributed by atoms with van der Waals surface area (Å²) < 4.78 is 5.12. The summed E-state index contributed by atoms with van der Waals surface area (Å²) in [7, 11) is 1.61. The number of hydrogen-bond donors (Lipinski definition) is 2. The smallest absolute Gasteiger partial charge is 0.253 e. The molecule has 2 amide bonds. The van der Waals surface area contributed by atoms with Crippen LogP contribution in [0.4, 0.5) is 5.69 Å². The summed E-state index contributed by atoms with van der Waals surface area (Å²) >= 11 is 12.0. The number of hydrogen-bond acceptors (Lipinski definition) is 3. The Hall–Kier alpha value is -2.08. The molecular formula is C21H24Cl2N2O3. The van der Waals surface area contributed by atoms with E-state index in [9.17, 15) is 9.59 Å². The van der Waals surface area contributed by atoms with Gasteiger partial charge in [0.15, 0.2) is 0 Å². The molecule has 7 heteroatoms. The molecule has 0 heterocycles. The summed E-state index contributed by atoms with van der Waals surface area (Å²) in [6.07, 6.45) is 0.487. The van der Waals surface area contributed by atoms with Gasteiger partial charge in [0.1, 0.15) is 6.04 Å². The molecule has 150 valence electrons. The van der Waals surface area contributed by atoms with Gasteiger partial charge < -0.3 is 15.4 Å². The first-order valence-corrected chi connectivity index (χ1v) is 9.70. The highest BCUT2D eigenvalue weighted by Gasteiger charge is 2.23. The Morgan fingerprint density at radius 1 is 1.11 bits per heavy atom. The lowest BCUT2D eigenvalue weighted by molar-refractivity contribution is -0.118. The minimum absolute atomic E-state index is 0.205. The zero-order valence-electron chi connectivity index (χ0n) is 16.1. The van der Waals surface area contributed by atoms with Gasteiger partial charge in [-0.05, 0) is 48.2 Å². The third-order valence-corrected chi connectivity index (χ3v) is 4.56. The minimum Gasteiger partial charge on any atom is -0.380 e. The standard InChI is InChI=1S/C21H24Cl2N2O3/c1-13(2)9-19(25-20(26)17-8-7-15(22)11-18(17)23)21(27)24-16-6-4-5-14(10-16)12-28-3/h4-8,10-11,13,19H,9,12H2,1-3H3,(H,24,27)(H,25,26). The maximum absolute atomic E-state index is 12.8. The lowest BCUT2D eigenvalue weighted by Crippen LogP contribution is -2.44. The van der Waals surface area contributed by atoms with E-state index in [-0.39, 0.29) is 22.4 Å². The number of rotatable bonds is 8. The quantitative estimate of drug-likeness (QED) is 0.633. The molecular weight excluding hydrogens is 399 g/mol. The lowest BCUT2D eigenvalue weighted by Gasteiger charge is -2.21. The fraction of sp³-hybridized carbons (Fsp3) is 0.333. The molecule has 2 rings (SSSR count). The number of carbonyl (C=O) groups excluding carboxylic acids is 2. The normalized spacial score (nSPS) is 11.9. The SMILES string of the molecule is COCc1cccc(NC(=O)C(CC(C)C)NC(=O)c2ccc(Cl)cc2Cl)c1. The number of amides is 2. The zero-order chi connectivity index (χ0) is 20.7. The number of ether oxygens (including phenoxy) is 1. The van der Waals surface area contributed by atoms with Gasteiger partial charge in [0.25, 0.3) is 5.91 Å². The third-order valence-electron chi connectivity index (χ3n) is 4.01. The molecule has 0 aromatic heterocycles. The Morgan fingerprint density at radius 2 is 1.86 bits per heavy atom. The van der Waals surface area contributed by atoms with Crippen molar-refractivity contribution in [2.45, 2.75) is 32.9 Å². The number of anilines is 1. The highest BCUT2D eigenvalue weighted by molar-refractivity contribution is 6.36. The summed E-state index contributed by atoms with van der Waals surface area (Å²) in [4.78, 5) is 25.4. The molecule has 0 bridgehead atoms. The lowest BCUT2D eigenvalue weighted by atomic mass is 10.0. The first-order valence-electron chi connectivity index (χ1n) is 8.94. The molecule has 5 nitrogen and oxygen atoms in total. The predicted octanol–water partition coefficient (Wildman–Crippen LogP) is 4.92. The molecule has 0 radical (unpaired) electrons. The summed E-state index contributed by atoms with van der Waals surface area (Å²) in [5.74, 6) is -0.506. The van der Waals surface area contributed by atoms with Crippen LogP contribution in [0.1, 0.15) is 36.2 Å². The van der Waals surface area contributed by atoms with Crippen molar-refractivity contribution in [2.24, 2.45) is 5.92 Å². The van der Waals surface area contributed by atoms with Crippen LogP contribution in [0, 0.1) is 5.92 Å². The van der Waals surface area contributed by atoms with Crippen molar-refractivity contribution in [1.82, 2.24) is 5.32 Å². The van der Waals surface area contributed by atoms with Crippen LogP contribution in [-0.4, -0.2) is 25.0 Å². The molecule has 0 aliphatic rings. The Bertz CT molecular complexity index is 840. The van der Waals surface area contributed by atoms with Gasteiger partial charge in [-0.25, -0.2) is 0 Å². The molecule has 2 aromatic carbocycles. The fourth-order valence-corrected chi connectivity index (χ4v) is 3.24. The second-order valence-electron chi connectivity index (χ2n) is 6.90. The largest absolute Gasteiger partial charge is 0.380 e. The van der Waals surface area contributed by atoms with Gasteiger partial charge in [0.2, 0.25) is 5.91 Å². The summed E-state index contributed by atoms with van der Waals surface area (Å²) in [5, 5.41) is 6.32.